The molecule has 2 aliphatic rings. The maximum atomic E-state index is 12.4. The van der Waals surface area contributed by atoms with Crippen molar-refractivity contribution >= 4 is 11.9 Å². The standard InChI is InChI=1S/C16H20N2O3/c1-12-6-2-3-7-13(12)21-11-10-18-14(19)16(17-15(18)20)8-4-5-9-16/h2-3,6-7H,4-5,8-11H2,1H3,(H,17,20). The molecule has 1 saturated carbocycles. The second-order valence-electron chi connectivity index (χ2n) is 5.79. The molecule has 1 heterocycles. The Kier molecular flexibility index (Phi) is 3.57. The molecule has 1 aromatic rings. The highest BCUT2D eigenvalue weighted by atomic mass is 16.5. The van der Waals surface area contributed by atoms with Crippen LogP contribution in [0.4, 0.5) is 4.79 Å². The van der Waals surface area contributed by atoms with E-state index < -0.39 is 5.54 Å². The Morgan fingerprint density at radius 2 is 1.95 bits per heavy atom. The summed E-state index contributed by atoms with van der Waals surface area (Å²) in [5, 5.41) is 2.87. The first kappa shape index (κ1) is 13.9. The summed E-state index contributed by atoms with van der Waals surface area (Å²) < 4.78 is 5.67. The number of ether oxygens (including phenoxy) is 1. The van der Waals surface area contributed by atoms with E-state index in [-0.39, 0.29) is 11.9 Å². The Morgan fingerprint density at radius 3 is 2.67 bits per heavy atom. The monoisotopic (exact) mass is 288 g/mol. The van der Waals surface area contributed by atoms with Crippen LogP contribution in [-0.2, 0) is 4.79 Å². The van der Waals surface area contributed by atoms with Gasteiger partial charge in [0.25, 0.3) is 5.91 Å². The predicted molar refractivity (Wildman–Crippen MR) is 78.1 cm³/mol. The van der Waals surface area contributed by atoms with Gasteiger partial charge in [-0.25, -0.2) is 4.79 Å². The van der Waals surface area contributed by atoms with Gasteiger partial charge in [0.2, 0.25) is 0 Å². The zero-order valence-electron chi connectivity index (χ0n) is 12.2. The normalized spacial score (nSPS) is 20.1. The molecule has 21 heavy (non-hydrogen) atoms. The van der Waals surface area contributed by atoms with Crippen LogP contribution in [0.3, 0.4) is 0 Å². The van der Waals surface area contributed by atoms with Gasteiger partial charge in [-0.15, -0.1) is 0 Å². The topological polar surface area (TPSA) is 58.6 Å². The largest absolute Gasteiger partial charge is 0.491 e. The molecule has 2 fully saturated rings. The van der Waals surface area contributed by atoms with Gasteiger partial charge in [0, 0.05) is 0 Å². The molecule has 1 aliphatic carbocycles. The van der Waals surface area contributed by atoms with Gasteiger partial charge in [-0.05, 0) is 31.4 Å². The summed E-state index contributed by atoms with van der Waals surface area (Å²) in [6, 6.07) is 7.43. The van der Waals surface area contributed by atoms with E-state index in [0.29, 0.717) is 13.2 Å². The molecule has 5 nitrogen and oxygen atoms in total. The molecule has 1 saturated heterocycles. The zero-order valence-corrected chi connectivity index (χ0v) is 12.2. The van der Waals surface area contributed by atoms with Crippen LogP contribution in [0, 0.1) is 6.92 Å². The number of nitrogens with one attached hydrogen (secondary N) is 1. The number of amides is 3. The molecule has 0 aromatic heterocycles. The molecule has 0 bridgehead atoms. The highest BCUT2D eigenvalue weighted by Gasteiger charge is 2.52. The van der Waals surface area contributed by atoms with Crippen LogP contribution in [-0.4, -0.2) is 35.5 Å². The predicted octanol–water partition coefficient (Wildman–Crippen LogP) is 2.24. The Balaban J connectivity index is 1.59. The minimum atomic E-state index is -0.625. The van der Waals surface area contributed by atoms with Crippen LogP contribution in [0.5, 0.6) is 5.75 Å². The molecule has 112 valence electrons. The molecule has 0 atom stereocenters. The van der Waals surface area contributed by atoms with Crippen LogP contribution in [0.1, 0.15) is 31.2 Å². The van der Waals surface area contributed by atoms with Gasteiger partial charge < -0.3 is 10.1 Å². The van der Waals surface area contributed by atoms with E-state index in [4.69, 9.17) is 4.74 Å². The van der Waals surface area contributed by atoms with Crippen molar-refractivity contribution in [2.45, 2.75) is 38.1 Å². The fraction of sp³-hybridized carbons (Fsp3) is 0.500. The number of carbonyl (C=O) groups is 2. The summed E-state index contributed by atoms with van der Waals surface area (Å²) in [6.07, 6.45) is 3.51. The van der Waals surface area contributed by atoms with Crippen molar-refractivity contribution in [2.24, 2.45) is 0 Å². The van der Waals surface area contributed by atoms with Crippen molar-refractivity contribution in [3.8, 4) is 5.75 Å². The fourth-order valence-electron chi connectivity index (χ4n) is 3.16. The van der Waals surface area contributed by atoms with Crippen LogP contribution >= 0.6 is 0 Å². The molecule has 0 radical (unpaired) electrons. The summed E-state index contributed by atoms with van der Waals surface area (Å²) >= 11 is 0. The lowest BCUT2D eigenvalue weighted by Gasteiger charge is -2.20. The summed E-state index contributed by atoms with van der Waals surface area (Å²) in [5.74, 6) is 0.707. The lowest BCUT2D eigenvalue weighted by atomic mass is 9.98. The second kappa shape index (κ2) is 5.39. The number of urea groups is 1. The molecule has 1 N–H and O–H groups in total. The lowest BCUT2D eigenvalue weighted by Crippen LogP contribution is -2.44. The average molecular weight is 288 g/mol. The number of carbonyl (C=O) groups excluding carboxylic acids is 2. The van der Waals surface area contributed by atoms with Crippen molar-refractivity contribution in [3.63, 3.8) is 0 Å². The molecule has 5 heteroatoms. The third-order valence-electron chi connectivity index (χ3n) is 4.37. The second-order valence-corrected chi connectivity index (χ2v) is 5.79. The minimum absolute atomic E-state index is 0.0848. The van der Waals surface area contributed by atoms with Crippen molar-refractivity contribution in [2.75, 3.05) is 13.2 Å². The molecular formula is C16H20N2O3. The number of imide groups is 1. The van der Waals surface area contributed by atoms with E-state index in [1.165, 1.54) is 4.90 Å². The first-order chi connectivity index (χ1) is 10.1. The Labute approximate surface area is 124 Å². The van der Waals surface area contributed by atoms with Crippen LogP contribution in [0.25, 0.3) is 0 Å². The number of nitrogens with zero attached hydrogens (tertiary/aromatic N) is 1. The minimum Gasteiger partial charge on any atom is -0.491 e. The third kappa shape index (κ3) is 2.48. The van der Waals surface area contributed by atoms with Gasteiger partial charge in [-0.3, -0.25) is 9.69 Å². The average Bonchev–Trinajstić information content (AvgIpc) is 3.02. The molecule has 1 aromatic carbocycles. The summed E-state index contributed by atoms with van der Waals surface area (Å²) in [6.45, 7) is 2.58. The number of hydrogen-bond donors (Lipinski definition) is 1. The number of para-hydroxylation sites is 1. The highest BCUT2D eigenvalue weighted by molar-refractivity contribution is 6.07. The van der Waals surface area contributed by atoms with Crippen molar-refractivity contribution in [1.82, 2.24) is 10.2 Å². The Morgan fingerprint density at radius 1 is 1.24 bits per heavy atom. The fourth-order valence-corrected chi connectivity index (χ4v) is 3.16. The highest BCUT2D eigenvalue weighted by Crippen LogP contribution is 2.34. The Hall–Kier alpha value is -2.04. The van der Waals surface area contributed by atoms with Crippen molar-refractivity contribution < 1.29 is 14.3 Å². The number of hydrogen-bond acceptors (Lipinski definition) is 3. The molecule has 3 amide bonds. The van der Waals surface area contributed by atoms with E-state index in [0.717, 1.165) is 37.0 Å². The molecular weight excluding hydrogens is 268 g/mol. The third-order valence-corrected chi connectivity index (χ3v) is 4.37. The van der Waals surface area contributed by atoms with Gasteiger partial charge in [0.05, 0.1) is 6.54 Å². The summed E-state index contributed by atoms with van der Waals surface area (Å²) in [5.41, 5.74) is 0.418. The molecule has 0 unspecified atom stereocenters. The van der Waals surface area contributed by atoms with E-state index in [9.17, 15) is 9.59 Å². The van der Waals surface area contributed by atoms with E-state index >= 15 is 0 Å². The SMILES string of the molecule is Cc1ccccc1OCCN1C(=O)NC2(CCCC2)C1=O. The molecule has 1 spiro atoms. The smallest absolute Gasteiger partial charge is 0.325 e. The first-order valence-corrected chi connectivity index (χ1v) is 7.45. The molecule has 3 rings (SSSR count). The van der Waals surface area contributed by atoms with Gasteiger partial charge in [-0.1, -0.05) is 31.0 Å². The van der Waals surface area contributed by atoms with Gasteiger partial charge in [0.1, 0.15) is 17.9 Å². The van der Waals surface area contributed by atoms with Gasteiger partial charge in [-0.2, -0.15) is 0 Å². The van der Waals surface area contributed by atoms with Crippen LogP contribution < -0.4 is 10.1 Å². The Bertz CT molecular complexity index is 564. The summed E-state index contributed by atoms with van der Waals surface area (Å²) in [4.78, 5) is 25.7. The lowest BCUT2D eigenvalue weighted by molar-refractivity contribution is -0.131. The maximum Gasteiger partial charge on any atom is 0.325 e. The zero-order chi connectivity index (χ0) is 14.9. The van der Waals surface area contributed by atoms with Gasteiger partial charge in [0.15, 0.2) is 0 Å². The number of aryl methyl sites for hydroxylation is 1. The first-order valence-electron chi connectivity index (χ1n) is 7.45. The number of benzene rings is 1. The van der Waals surface area contributed by atoms with Crippen molar-refractivity contribution in [1.29, 1.82) is 0 Å². The van der Waals surface area contributed by atoms with Crippen molar-refractivity contribution in [3.05, 3.63) is 29.8 Å². The van der Waals surface area contributed by atoms with E-state index in [2.05, 4.69) is 5.32 Å². The van der Waals surface area contributed by atoms with Crippen LogP contribution in [0.15, 0.2) is 24.3 Å². The van der Waals surface area contributed by atoms with E-state index in [1.807, 2.05) is 31.2 Å². The van der Waals surface area contributed by atoms with E-state index in [1.54, 1.807) is 0 Å². The number of rotatable bonds is 4. The van der Waals surface area contributed by atoms with Crippen LogP contribution in [0.2, 0.25) is 0 Å². The molecule has 1 aliphatic heterocycles. The maximum absolute atomic E-state index is 12.4. The van der Waals surface area contributed by atoms with Gasteiger partial charge >= 0.3 is 6.03 Å². The summed E-state index contributed by atoms with van der Waals surface area (Å²) in [7, 11) is 0. The quantitative estimate of drug-likeness (QED) is 0.864.